The average Bonchev–Trinajstić information content (AvgIpc) is 3.26. The van der Waals surface area contributed by atoms with Crippen LogP contribution < -0.4 is 4.74 Å². The molecule has 158 valence electrons. The van der Waals surface area contributed by atoms with Crippen LogP contribution in [0.15, 0.2) is 88.4 Å². The number of halogens is 2. The molecule has 4 aromatic carbocycles. The van der Waals surface area contributed by atoms with Gasteiger partial charge in [0.2, 0.25) is 6.23 Å². The van der Waals surface area contributed by atoms with Crippen LogP contribution in [-0.2, 0) is 0 Å². The first-order chi connectivity index (χ1) is 15.6. The molecule has 2 aliphatic rings. The van der Waals surface area contributed by atoms with Crippen molar-refractivity contribution in [3.8, 4) is 11.5 Å². The average molecular weight is 506 g/mol. The van der Waals surface area contributed by atoms with E-state index < -0.39 is 6.23 Å². The number of phenolic OH excluding ortho intramolecular Hbond substituents is 1. The summed E-state index contributed by atoms with van der Waals surface area (Å²) in [7, 11) is 0. The fourth-order valence-electron chi connectivity index (χ4n) is 4.53. The summed E-state index contributed by atoms with van der Waals surface area (Å²) in [5.41, 5.74) is 3.73. The first-order valence-electron chi connectivity index (χ1n) is 10.4. The van der Waals surface area contributed by atoms with Crippen LogP contribution in [0.2, 0.25) is 5.02 Å². The number of ether oxygens (including phenoxy) is 1. The zero-order valence-corrected chi connectivity index (χ0v) is 19.2. The quantitative estimate of drug-likeness (QED) is 0.313. The second-order valence-corrected chi connectivity index (χ2v) is 9.42. The first-order valence-corrected chi connectivity index (χ1v) is 11.5. The highest BCUT2D eigenvalue weighted by Crippen LogP contribution is 2.49. The molecule has 32 heavy (non-hydrogen) atoms. The SMILES string of the molecule is Oc1ccc(Br)cc1C1Oc2ccc(Cl)cc2C2CC(c3ccc4ccccc4c3)=NN21. The van der Waals surface area contributed by atoms with Gasteiger partial charge in [0, 0.05) is 21.5 Å². The second kappa shape index (κ2) is 7.54. The Morgan fingerprint density at radius 2 is 1.78 bits per heavy atom. The zero-order valence-electron chi connectivity index (χ0n) is 16.9. The van der Waals surface area contributed by atoms with Gasteiger partial charge in [-0.15, -0.1) is 0 Å². The molecule has 0 saturated carbocycles. The lowest BCUT2D eigenvalue weighted by atomic mass is 9.95. The Labute approximate surface area is 198 Å². The number of hydrogen-bond donors (Lipinski definition) is 1. The Bertz CT molecular complexity index is 1400. The molecule has 1 N–H and O–H groups in total. The van der Waals surface area contributed by atoms with E-state index in [9.17, 15) is 5.11 Å². The Hall–Kier alpha value is -3.02. The normalized spacial score (nSPS) is 19.3. The minimum absolute atomic E-state index is 0.0395. The molecule has 0 aromatic heterocycles. The number of aromatic hydroxyl groups is 1. The molecule has 2 heterocycles. The number of rotatable bonds is 2. The molecule has 2 atom stereocenters. The Morgan fingerprint density at radius 1 is 0.938 bits per heavy atom. The predicted molar refractivity (Wildman–Crippen MR) is 130 cm³/mol. The molecular formula is C26H18BrClN2O2. The van der Waals surface area contributed by atoms with E-state index in [0.29, 0.717) is 10.6 Å². The van der Waals surface area contributed by atoms with E-state index in [2.05, 4.69) is 46.3 Å². The molecule has 4 nitrogen and oxygen atoms in total. The summed E-state index contributed by atoms with van der Waals surface area (Å²) in [6.07, 6.45) is 0.171. The van der Waals surface area contributed by atoms with Crippen molar-refractivity contribution in [2.45, 2.75) is 18.7 Å². The molecule has 6 heteroatoms. The molecule has 0 amide bonds. The maximum absolute atomic E-state index is 10.6. The van der Waals surface area contributed by atoms with Crippen molar-refractivity contribution in [2.24, 2.45) is 5.10 Å². The van der Waals surface area contributed by atoms with Gasteiger partial charge in [0.1, 0.15) is 11.5 Å². The van der Waals surface area contributed by atoms with Crippen LogP contribution >= 0.6 is 27.5 Å². The highest BCUT2D eigenvalue weighted by atomic mass is 79.9. The summed E-state index contributed by atoms with van der Waals surface area (Å²) in [5.74, 6) is 0.929. The Balaban J connectivity index is 1.48. The number of hydrogen-bond acceptors (Lipinski definition) is 4. The molecule has 0 bridgehead atoms. The third kappa shape index (κ3) is 3.24. The highest BCUT2D eigenvalue weighted by molar-refractivity contribution is 9.10. The Kier molecular flexibility index (Phi) is 4.63. The largest absolute Gasteiger partial charge is 0.507 e. The lowest BCUT2D eigenvalue weighted by Gasteiger charge is -2.38. The number of benzene rings is 4. The maximum Gasteiger partial charge on any atom is 0.217 e. The molecule has 0 spiro atoms. The van der Waals surface area contributed by atoms with Crippen molar-refractivity contribution in [3.05, 3.63) is 105 Å². The van der Waals surface area contributed by atoms with Gasteiger partial charge in [0.25, 0.3) is 0 Å². The number of nitrogens with zero attached hydrogens (tertiary/aromatic N) is 2. The van der Waals surface area contributed by atoms with Gasteiger partial charge in [-0.05, 0) is 58.8 Å². The molecule has 0 radical (unpaired) electrons. The molecule has 0 fully saturated rings. The Morgan fingerprint density at radius 3 is 2.66 bits per heavy atom. The van der Waals surface area contributed by atoms with Gasteiger partial charge in [0.05, 0.1) is 17.3 Å². The van der Waals surface area contributed by atoms with Crippen molar-refractivity contribution >= 4 is 44.0 Å². The van der Waals surface area contributed by atoms with Crippen molar-refractivity contribution in [1.82, 2.24) is 5.01 Å². The summed E-state index contributed by atoms with van der Waals surface area (Å²) in [5, 5.41) is 20.6. The zero-order chi connectivity index (χ0) is 21.8. The van der Waals surface area contributed by atoms with Crippen molar-refractivity contribution in [1.29, 1.82) is 0 Å². The standard InChI is InChI=1S/C26H18BrClN2O2/c27-18-7-9-24(31)21(12-18)26-30-23(20-13-19(28)8-10-25(20)32-26)14-22(29-30)17-6-5-15-3-1-2-4-16(15)11-17/h1-13,23,26,31H,14H2. The summed E-state index contributed by atoms with van der Waals surface area (Å²) in [4.78, 5) is 0. The maximum atomic E-state index is 10.6. The van der Waals surface area contributed by atoms with E-state index in [4.69, 9.17) is 21.4 Å². The molecule has 0 saturated heterocycles. The molecule has 2 unspecified atom stereocenters. The van der Waals surface area contributed by atoms with Gasteiger partial charge >= 0.3 is 0 Å². The molecule has 4 aromatic rings. The third-order valence-corrected chi connectivity index (χ3v) is 6.82. The van der Waals surface area contributed by atoms with E-state index in [0.717, 1.165) is 33.5 Å². The topological polar surface area (TPSA) is 45.1 Å². The summed E-state index contributed by atoms with van der Waals surface area (Å²) in [6.45, 7) is 0. The van der Waals surface area contributed by atoms with Crippen molar-refractivity contribution in [3.63, 3.8) is 0 Å². The minimum Gasteiger partial charge on any atom is -0.507 e. The van der Waals surface area contributed by atoms with Gasteiger partial charge < -0.3 is 9.84 Å². The van der Waals surface area contributed by atoms with Gasteiger partial charge in [-0.25, -0.2) is 5.01 Å². The third-order valence-electron chi connectivity index (χ3n) is 6.09. The van der Waals surface area contributed by atoms with Gasteiger partial charge in [0.15, 0.2) is 0 Å². The van der Waals surface area contributed by atoms with Crippen LogP contribution in [0.3, 0.4) is 0 Å². The smallest absolute Gasteiger partial charge is 0.217 e. The van der Waals surface area contributed by atoms with Crippen LogP contribution in [-0.4, -0.2) is 15.8 Å². The highest BCUT2D eigenvalue weighted by Gasteiger charge is 2.42. The number of phenols is 1. The van der Waals surface area contributed by atoms with Crippen LogP contribution in [0.5, 0.6) is 11.5 Å². The monoisotopic (exact) mass is 504 g/mol. The second-order valence-electron chi connectivity index (χ2n) is 8.06. The van der Waals surface area contributed by atoms with Crippen LogP contribution in [0.25, 0.3) is 10.8 Å². The summed E-state index contributed by atoms with van der Waals surface area (Å²) < 4.78 is 7.22. The lowest BCUT2D eigenvalue weighted by Crippen LogP contribution is -2.33. The van der Waals surface area contributed by atoms with Crippen LogP contribution in [0, 0.1) is 0 Å². The lowest BCUT2D eigenvalue weighted by molar-refractivity contribution is -0.0203. The minimum atomic E-state index is -0.552. The fourth-order valence-corrected chi connectivity index (χ4v) is 5.09. The van der Waals surface area contributed by atoms with Gasteiger partial charge in [-0.2, -0.15) is 5.10 Å². The molecule has 6 rings (SSSR count). The van der Waals surface area contributed by atoms with Crippen molar-refractivity contribution < 1.29 is 9.84 Å². The molecular weight excluding hydrogens is 488 g/mol. The molecule has 0 aliphatic carbocycles. The van der Waals surface area contributed by atoms with Crippen LogP contribution in [0.4, 0.5) is 0 Å². The van der Waals surface area contributed by atoms with Crippen LogP contribution in [0.1, 0.15) is 35.4 Å². The van der Waals surface area contributed by atoms with E-state index in [1.807, 2.05) is 41.4 Å². The van der Waals surface area contributed by atoms with E-state index in [1.165, 1.54) is 10.8 Å². The predicted octanol–water partition coefficient (Wildman–Crippen LogP) is 7.20. The van der Waals surface area contributed by atoms with Gasteiger partial charge in [-0.1, -0.05) is 63.9 Å². The molecule has 2 aliphatic heterocycles. The van der Waals surface area contributed by atoms with E-state index in [-0.39, 0.29) is 11.8 Å². The van der Waals surface area contributed by atoms with E-state index in [1.54, 1.807) is 12.1 Å². The summed E-state index contributed by atoms with van der Waals surface area (Å²) >= 11 is 9.84. The van der Waals surface area contributed by atoms with Gasteiger partial charge in [-0.3, -0.25) is 0 Å². The summed E-state index contributed by atoms with van der Waals surface area (Å²) in [6, 6.07) is 25.7. The van der Waals surface area contributed by atoms with E-state index >= 15 is 0 Å². The number of fused-ring (bicyclic) bond motifs is 4. The number of hydrazone groups is 1. The van der Waals surface area contributed by atoms with Crippen molar-refractivity contribution in [2.75, 3.05) is 0 Å². The fraction of sp³-hybridized carbons (Fsp3) is 0.115. The first kappa shape index (κ1) is 19.6.